The predicted octanol–water partition coefficient (Wildman–Crippen LogP) is 4.19. The number of para-hydroxylation sites is 1. The third kappa shape index (κ3) is 3.68. The van der Waals surface area contributed by atoms with E-state index in [4.69, 9.17) is 14.5 Å². The summed E-state index contributed by atoms with van der Waals surface area (Å²) in [6.07, 6.45) is 1.86. The second-order valence-corrected chi connectivity index (χ2v) is 8.89. The van der Waals surface area contributed by atoms with Crippen LogP contribution in [0.25, 0.3) is 44.2 Å². The first-order valence-electron chi connectivity index (χ1n) is 11.0. The molecule has 3 aromatic heterocycles. The van der Waals surface area contributed by atoms with Crippen LogP contribution in [0.15, 0.2) is 48.1 Å². The molecule has 1 saturated heterocycles. The van der Waals surface area contributed by atoms with Gasteiger partial charge in [0, 0.05) is 32.3 Å². The molecule has 2 aromatic carbocycles. The van der Waals surface area contributed by atoms with E-state index in [1.807, 2.05) is 11.7 Å². The molecular weight excluding hydrogens is 436 g/mol. The second-order valence-electron chi connectivity index (χ2n) is 8.00. The summed E-state index contributed by atoms with van der Waals surface area (Å²) in [4.78, 5) is 20.0. The second kappa shape index (κ2) is 8.58. The van der Waals surface area contributed by atoms with Gasteiger partial charge in [-0.25, -0.2) is 15.0 Å². The molecule has 1 aliphatic rings. The van der Waals surface area contributed by atoms with Crippen LogP contribution >= 0.6 is 11.3 Å². The first-order chi connectivity index (χ1) is 16.3. The van der Waals surface area contributed by atoms with E-state index in [1.165, 1.54) is 4.70 Å². The summed E-state index contributed by atoms with van der Waals surface area (Å²) in [6.45, 7) is 4.51. The standard InChI is InChI=1S/C24H24N6O2S/c1-31-10-9-30-20-4-2-3-19(29-7-11-32-12-8-29)22(20)28-24(30)18-14-25-23(27-18)16-5-6-21-17(13-16)26-15-33-21/h2-6,13-15H,7-12H2,1H3,(H,25,27). The third-order valence-corrected chi connectivity index (χ3v) is 6.86. The maximum absolute atomic E-state index is 5.55. The van der Waals surface area contributed by atoms with Crippen LogP contribution in [0.1, 0.15) is 0 Å². The van der Waals surface area contributed by atoms with Gasteiger partial charge in [0.1, 0.15) is 17.0 Å². The van der Waals surface area contributed by atoms with E-state index < -0.39 is 0 Å². The molecule has 0 spiro atoms. The lowest BCUT2D eigenvalue weighted by Crippen LogP contribution is -2.36. The van der Waals surface area contributed by atoms with Gasteiger partial charge < -0.3 is 23.9 Å². The van der Waals surface area contributed by atoms with Crippen LogP contribution in [-0.4, -0.2) is 64.5 Å². The van der Waals surface area contributed by atoms with E-state index in [1.54, 1.807) is 18.4 Å². The SMILES string of the molecule is COCCn1c(-c2cnc(-c3ccc4scnc4c3)[nH]2)nc2c(N3CCOCC3)cccc21. The number of ether oxygens (including phenoxy) is 2. The van der Waals surface area contributed by atoms with Gasteiger partial charge >= 0.3 is 0 Å². The molecule has 5 aromatic rings. The zero-order valence-corrected chi connectivity index (χ0v) is 19.1. The highest BCUT2D eigenvalue weighted by molar-refractivity contribution is 7.16. The van der Waals surface area contributed by atoms with Crippen molar-refractivity contribution in [3.8, 4) is 22.9 Å². The van der Waals surface area contributed by atoms with E-state index >= 15 is 0 Å². The molecule has 0 radical (unpaired) electrons. The number of benzene rings is 2. The Labute approximate surface area is 194 Å². The lowest BCUT2D eigenvalue weighted by Gasteiger charge is -2.29. The fourth-order valence-electron chi connectivity index (χ4n) is 4.39. The number of aromatic amines is 1. The molecule has 168 valence electrons. The summed E-state index contributed by atoms with van der Waals surface area (Å²) >= 11 is 1.64. The normalized spacial score (nSPS) is 14.5. The van der Waals surface area contributed by atoms with Crippen molar-refractivity contribution in [3.63, 3.8) is 0 Å². The Balaban J connectivity index is 1.44. The van der Waals surface area contributed by atoms with Gasteiger partial charge in [0.25, 0.3) is 0 Å². The number of rotatable bonds is 6. The zero-order chi connectivity index (χ0) is 22.2. The van der Waals surface area contributed by atoms with E-state index in [2.05, 4.69) is 60.8 Å². The largest absolute Gasteiger partial charge is 0.383 e. The maximum Gasteiger partial charge on any atom is 0.159 e. The van der Waals surface area contributed by atoms with Crippen LogP contribution in [0.5, 0.6) is 0 Å². The quantitative estimate of drug-likeness (QED) is 0.409. The van der Waals surface area contributed by atoms with Gasteiger partial charge in [-0.15, -0.1) is 11.3 Å². The average molecular weight is 461 g/mol. The molecule has 0 saturated carbocycles. The van der Waals surface area contributed by atoms with Crippen molar-refractivity contribution in [1.29, 1.82) is 0 Å². The van der Waals surface area contributed by atoms with Gasteiger partial charge in [-0.2, -0.15) is 0 Å². The number of imidazole rings is 2. The van der Waals surface area contributed by atoms with Crippen molar-refractivity contribution >= 4 is 38.3 Å². The molecule has 0 atom stereocenters. The van der Waals surface area contributed by atoms with Crippen LogP contribution in [0.2, 0.25) is 0 Å². The molecule has 6 rings (SSSR count). The third-order valence-electron chi connectivity index (χ3n) is 6.05. The minimum absolute atomic E-state index is 0.599. The Bertz CT molecular complexity index is 1420. The Kier molecular flexibility index (Phi) is 5.29. The average Bonchev–Trinajstić information content (AvgIpc) is 3.60. The molecule has 0 bridgehead atoms. The van der Waals surface area contributed by atoms with Crippen molar-refractivity contribution in [2.45, 2.75) is 6.54 Å². The van der Waals surface area contributed by atoms with Gasteiger partial charge in [0.2, 0.25) is 0 Å². The first-order valence-corrected chi connectivity index (χ1v) is 11.9. The Morgan fingerprint density at radius 2 is 2.06 bits per heavy atom. The van der Waals surface area contributed by atoms with E-state index in [0.29, 0.717) is 13.2 Å². The molecule has 4 heterocycles. The van der Waals surface area contributed by atoms with E-state index in [0.717, 1.165) is 71.4 Å². The van der Waals surface area contributed by atoms with Crippen molar-refractivity contribution in [3.05, 3.63) is 48.1 Å². The topological polar surface area (TPSA) is 81.1 Å². The number of anilines is 1. The fourth-order valence-corrected chi connectivity index (χ4v) is 5.05. The summed E-state index contributed by atoms with van der Waals surface area (Å²) < 4.78 is 14.3. The van der Waals surface area contributed by atoms with Crippen LogP contribution < -0.4 is 4.90 Å². The highest BCUT2D eigenvalue weighted by Gasteiger charge is 2.21. The molecular formula is C24H24N6O2S. The van der Waals surface area contributed by atoms with E-state index in [9.17, 15) is 0 Å². The van der Waals surface area contributed by atoms with Gasteiger partial charge in [-0.05, 0) is 30.3 Å². The van der Waals surface area contributed by atoms with Gasteiger partial charge in [-0.3, -0.25) is 0 Å². The fraction of sp³-hybridized carbons (Fsp3) is 0.292. The van der Waals surface area contributed by atoms with Gasteiger partial charge in [0.05, 0.1) is 52.9 Å². The predicted molar refractivity (Wildman–Crippen MR) is 131 cm³/mol. The molecule has 33 heavy (non-hydrogen) atoms. The van der Waals surface area contributed by atoms with Crippen molar-refractivity contribution < 1.29 is 9.47 Å². The lowest BCUT2D eigenvalue weighted by atomic mass is 10.2. The number of morpholine rings is 1. The number of nitrogens with zero attached hydrogens (tertiary/aromatic N) is 5. The van der Waals surface area contributed by atoms with E-state index in [-0.39, 0.29) is 0 Å². The minimum Gasteiger partial charge on any atom is -0.383 e. The Hall–Kier alpha value is -3.27. The monoisotopic (exact) mass is 460 g/mol. The number of fused-ring (bicyclic) bond motifs is 2. The maximum atomic E-state index is 5.55. The number of hydrogen-bond acceptors (Lipinski definition) is 7. The molecule has 1 fully saturated rings. The smallest absolute Gasteiger partial charge is 0.159 e. The highest BCUT2D eigenvalue weighted by atomic mass is 32.1. The minimum atomic E-state index is 0.599. The van der Waals surface area contributed by atoms with Gasteiger partial charge in [0.15, 0.2) is 5.82 Å². The van der Waals surface area contributed by atoms with Crippen molar-refractivity contribution in [1.82, 2.24) is 24.5 Å². The molecule has 1 aliphatic heterocycles. The molecule has 0 aliphatic carbocycles. The van der Waals surface area contributed by atoms with Crippen LogP contribution in [0.4, 0.5) is 5.69 Å². The molecule has 8 nitrogen and oxygen atoms in total. The molecule has 1 N–H and O–H groups in total. The summed E-state index contributed by atoms with van der Waals surface area (Å²) in [5, 5.41) is 0. The van der Waals surface area contributed by atoms with Crippen LogP contribution in [0, 0.1) is 0 Å². The van der Waals surface area contributed by atoms with Crippen molar-refractivity contribution in [2.24, 2.45) is 0 Å². The highest BCUT2D eigenvalue weighted by Crippen LogP contribution is 2.32. The molecule has 9 heteroatoms. The van der Waals surface area contributed by atoms with Crippen LogP contribution in [-0.2, 0) is 16.0 Å². The lowest BCUT2D eigenvalue weighted by molar-refractivity contribution is 0.123. The number of H-pyrrole nitrogens is 1. The summed E-state index contributed by atoms with van der Waals surface area (Å²) in [6, 6.07) is 12.6. The molecule has 0 unspecified atom stereocenters. The van der Waals surface area contributed by atoms with Gasteiger partial charge in [-0.1, -0.05) is 6.07 Å². The number of methoxy groups -OCH3 is 1. The summed E-state index contributed by atoms with van der Waals surface area (Å²) in [5.41, 5.74) is 7.96. The number of thiazole rings is 1. The zero-order valence-electron chi connectivity index (χ0n) is 18.3. The number of aromatic nitrogens is 5. The summed E-state index contributed by atoms with van der Waals surface area (Å²) in [7, 11) is 1.72. The van der Waals surface area contributed by atoms with Crippen molar-refractivity contribution in [2.75, 3.05) is 44.9 Å². The van der Waals surface area contributed by atoms with Crippen LogP contribution in [0.3, 0.4) is 0 Å². The first kappa shape index (κ1) is 20.3. The summed E-state index contributed by atoms with van der Waals surface area (Å²) in [5.74, 6) is 1.66. The number of nitrogens with one attached hydrogen (secondary N) is 1. The Morgan fingerprint density at radius 1 is 1.15 bits per heavy atom. The number of hydrogen-bond donors (Lipinski definition) is 1. The molecule has 0 amide bonds. The Morgan fingerprint density at radius 3 is 2.94 bits per heavy atom.